The zero-order valence-corrected chi connectivity index (χ0v) is 25.3. The molecule has 0 aliphatic carbocycles. The van der Waals surface area contributed by atoms with E-state index in [1.165, 1.54) is 4.90 Å². The number of hydrogen-bond donors (Lipinski definition) is 2. The number of aliphatic hydroxyl groups excluding tert-OH is 1. The molecule has 1 atom stereocenters. The van der Waals surface area contributed by atoms with Crippen LogP contribution >= 0.6 is 18.7 Å². The summed E-state index contributed by atoms with van der Waals surface area (Å²) in [6.07, 6.45) is 1.02. The highest BCUT2D eigenvalue weighted by Gasteiger charge is 2.44. The number of amides is 1. The van der Waals surface area contributed by atoms with Gasteiger partial charge in [-0.15, -0.1) is 0 Å². The summed E-state index contributed by atoms with van der Waals surface area (Å²) in [4.78, 5) is 23.5. The zero-order valence-electron chi connectivity index (χ0n) is 23.7. The summed E-state index contributed by atoms with van der Waals surface area (Å²) in [6, 6.07) is 11.0. The Morgan fingerprint density at radius 2 is 2.00 bits per heavy atom. The predicted octanol–water partition coefficient (Wildman–Crippen LogP) is 5.97. The van der Waals surface area contributed by atoms with Gasteiger partial charge in [-0.1, -0.05) is 18.5 Å². The van der Waals surface area contributed by atoms with Crippen LogP contribution in [-0.2, 0) is 14.7 Å². The van der Waals surface area contributed by atoms with Gasteiger partial charge in [-0.25, -0.2) is 14.8 Å². The Kier molecular flexibility index (Phi) is 7.76. The normalized spacial score (nSPS) is 16.9. The fourth-order valence-corrected chi connectivity index (χ4v) is 6.51. The minimum atomic E-state index is -2.55. The molecule has 11 heteroatoms. The number of carbonyl (C=O) groups is 1. The molecule has 1 aromatic heterocycles. The number of benzene rings is 2. The van der Waals surface area contributed by atoms with Crippen LogP contribution in [0.5, 0.6) is 0 Å². The van der Waals surface area contributed by atoms with Gasteiger partial charge >= 0.3 is 6.09 Å². The number of carbonyl (C=O) groups excluding carboxylic acids is 1. The molecule has 0 unspecified atom stereocenters. The molecular formula is C29H33ClN5O4P. The number of nitrogens with one attached hydrogen (secondary N) is 1. The SMILES string of the molecule is Cc1cc(P(C)(C)=O)c(Cl)cc1Nc1nccc(-c2cc(C#N)c3c(c2)[C@@](C)(CO)CN3C(=O)OC(C)(C)C)n1. The molecule has 4 rings (SSSR count). The van der Waals surface area contributed by atoms with Crippen molar-refractivity contribution >= 4 is 47.5 Å². The summed E-state index contributed by atoms with van der Waals surface area (Å²) in [5, 5.41) is 24.6. The van der Waals surface area contributed by atoms with Crippen LogP contribution in [0.1, 0.15) is 44.4 Å². The summed E-state index contributed by atoms with van der Waals surface area (Å²) in [6.45, 7) is 12.3. The number of aliphatic hydroxyl groups is 1. The van der Waals surface area contributed by atoms with Crippen molar-refractivity contribution in [3.63, 3.8) is 0 Å². The first-order valence-corrected chi connectivity index (χ1v) is 15.7. The van der Waals surface area contributed by atoms with Gasteiger partial charge in [-0.2, -0.15) is 5.26 Å². The Morgan fingerprint density at radius 3 is 2.60 bits per heavy atom. The van der Waals surface area contributed by atoms with Crippen molar-refractivity contribution in [2.24, 2.45) is 0 Å². The lowest BCUT2D eigenvalue weighted by atomic mass is 9.83. The quantitative estimate of drug-likeness (QED) is 0.352. The molecule has 3 aromatic rings. The van der Waals surface area contributed by atoms with Crippen LogP contribution in [0.4, 0.5) is 22.1 Å². The van der Waals surface area contributed by atoms with E-state index < -0.39 is 24.3 Å². The number of aromatic nitrogens is 2. The van der Waals surface area contributed by atoms with E-state index in [4.69, 9.17) is 16.3 Å². The van der Waals surface area contributed by atoms with Gasteiger partial charge in [0.15, 0.2) is 0 Å². The Labute approximate surface area is 239 Å². The van der Waals surface area contributed by atoms with Crippen LogP contribution in [0.25, 0.3) is 11.3 Å². The van der Waals surface area contributed by atoms with Gasteiger partial charge in [0.05, 0.1) is 28.6 Å². The van der Waals surface area contributed by atoms with Crippen molar-refractivity contribution in [1.29, 1.82) is 5.26 Å². The highest BCUT2D eigenvalue weighted by atomic mass is 35.5. The topological polar surface area (TPSA) is 128 Å². The predicted molar refractivity (Wildman–Crippen MR) is 159 cm³/mol. The van der Waals surface area contributed by atoms with Crippen LogP contribution in [-0.4, -0.2) is 53.3 Å². The summed E-state index contributed by atoms with van der Waals surface area (Å²) in [7, 11) is -2.55. The number of fused-ring (bicyclic) bond motifs is 1. The largest absolute Gasteiger partial charge is 0.443 e. The van der Waals surface area contributed by atoms with E-state index in [-0.39, 0.29) is 18.7 Å². The summed E-state index contributed by atoms with van der Waals surface area (Å²) in [5.41, 5.74) is 2.51. The number of halogens is 1. The van der Waals surface area contributed by atoms with Crippen LogP contribution in [0.2, 0.25) is 5.02 Å². The molecule has 2 heterocycles. The second-order valence-corrected chi connectivity index (χ2v) is 15.3. The first kappa shape index (κ1) is 29.5. The van der Waals surface area contributed by atoms with E-state index in [0.29, 0.717) is 44.5 Å². The fraction of sp³-hybridized carbons (Fsp3) is 0.379. The highest BCUT2D eigenvalue weighted by molar-refractivity contribution is 7.70. The van der Waals surface area contributed by atoms with E-state index in [9.17, 15) is 19.7 Å². The van der Waals surface area contributed by atoms with Crippen molar-refractivity contribution in [3.8, 4) is 17.3 Å². The number of nitrogens with zero attached hydrogens (tertiary/aromatic N) is 4. The summed E-state index contributed by atoms with van der Waals surface area (Å²) < 4.78 is 18.2. The van der Waals surface area contributed by atoms with Crippen molar-refractivity contribution in [2.45, 2.75) is 45.6 Å². The molecule has 1 amide bonds. The molecule has 0 saturated carbocycles. The maximum atomic E-state index is 13.1. The molecule has 2 N–H and O–H groups in total. The maximum absolute atomic E-state index is 13.1. The van der Waals surface area contributed by atoms with Gasteiger partial charge in [0.25, 0.3) is 0 Å². The molecular weight excluding hydrogens is 549 g/mol. The molecule has 1 aliphatic rings. The standard InChI is InChI=1S/C29H33ClN5O4P/c1-17-10-24(40(6,7)38)21(30)13-23(17)34-26-32-9-8-22(33-26)18-11-19(14-31)25-20(12-18)29(5,16-36)15-35(25)27(37)39-28(2,3)4/h8-13,36H,15-16H2,1-7H3,(H,32,33,34)/t29-/m1/s1. The van der Waals surface area contributed by atoms with E-state index in [1.807, 2.05) is 19.9 Å². The lowest BCUT2D eigenvalue weighted by Crippen LogP contribution is -2.40. The van der Waals surface area contributed by atoms with Crippen LogP contribution in [0.3, 0.4) is 0 Å². The third-order valence-corrected chi connectivity index (χ3v) is 8.67. The minimum absolute atomic E-state index is 0.168. The molecule has 40 heavy (non-hydrogen) atoms. The summed E-state index contributed by atoms with van der Waals surface area (Å²) >= 11 is 6.44. The molecule has 0 saturated heterocycles. The van der Waals surface area contributed by atoms with Crippen molar-refractivity contribution in [2.75, 3.05) is 36.7 Å². The number of nitriles is 1. The van der Waals surface area contributed by atoms with Gasteiger partial charge in [0, 0.05) is 34.7 Å². The van der Waals surface area contributed by atoms with E-state index in [2.05, 4.69) is 21.4 Å². The first-order chi connectivity index (χ1) is 18.6. The van der Waals surface area contributed by atoms with Gasteiger partial charge < -0.3 is 19.7 Å². The highest BCUT2D eigenvalue weighted by Crippen LogP contribution is 2.45. The second-order valence-electron chi connectivity index (χ2n) is 11.7. The van der Waals surface area contributed by atoms with E-state index >= 15 is 0 Å². The number of hydrogen-bond acceptors (Lipinski definition) is 8. The molecule has 1 aliphatic heterocycles. The van der Waals surface area contributed by atoms with Crippen LogP contribution in [0.15, 0.2) is 36.5 Å². The maximum Gasteiger partial charge on any atom is 0.414 e. The third-order valence-electron chi connectivity index (χ3n) is 6.69. The minimum Gasteiger partial charge on any atom is -0.443 e. The molecule has 0 fully saturated rings. The van der Waals surface area contributed by atoms with Crippen LogP contribution in [0, 0.1) is 18.3 Å². The van der Waals surface area contributed by atoms with Crippen molar-refractivity contribution in [1.82, 2.24) is 9.97 Å². The Bertz CT molecular complexity index is 1590. The second kappa shape index (κ2) is 10.5. The lowest BCUT2D eigenvalue weighted by Gasteiger charge is -2.26. The molecule has 0 radical (unpaired) electrons. The number of anilines is 3. The zero-order chi connectivity index (χ0) is 29.6. The van der Waals surface area contributed by atoms with Crippen molar-refractivity contribution in [3.05, 3.63) is 58.2 Å². The van der Waals surface area contributed by atoms with Gasteiger partial charge in [0.2, 0.25) is 5.95 Å². The van der Waals surface area contributed by atoms with Gasteiger partial charge in [-0.3, -0.25) is 4.90 Å². The number of rotatable bonds is 5. The Morgan fingerprint density at radius 1 is 1.30 bits per heavy atom. The van der Waals surface area contributed by atoms with Gasteiger partial charge in [0.1, 0.15) is 18.8 Å². The Balaban J connectivity index is 1.75. The molecule has 0 bridgehead atoms. The van der Waals surface area contributed by atoms with E-state index in [1.54, 1.807) is 64.6 Å². The van der Waals surface area contributed by atoms with Gasteiger partial charge in [-0.05, 0) is 82.5 Å². The number of ether oxygens (including phenoxy) is 1. The van der Waals surface area contributed by atoms with Crippen molar-refractivity contribution < 1.29 is 19.2 Å². The monoisotopic (exact) mass is 581 g/mol. The average Bonchev–Trinajstić information content (AvgIpc) is 3.17. The Hall–Kier alpha value is -3.44. The number of aryl methyl sites for hydroxylation is 1. The molecule has 210 valence electrons. The smallest absolute Gasteiger partial charge is 0.414 e. The molecule has 2 aromatic carbocycles. The first-order valence-electron chi connectivity index (χ1n) is 12.7. The lowest BCUT2D eigenvalue weighted by molar-refractivity contribution is 0.0575. The third kappa shape index (κ3) is 5.85. The van der Waals surface area contributed by atoms with Crippen LogP contribution < -0.4 is 15.5 Å². The fourth-order valence-electron chi connectivity index (χ4n) is 4.65. The van der Waals surface area contributed by atoms with E-state index in [0.717, 1.165) is 5.56 Å². The summed E-state index contributed by atoms with van der Waals surface area (Å²) in [5.74, 6) is 0.305. The average molecular weight is 582 g/mol. The molecule has 0 spiro atoms. The molecule has 9 nitrogen and oxygen atoms in total.